The van der Waals surface area contributed by atoms with E-state index in [0.717, 1.165) is 20.9 Å². The van der Waals surface area contributed by atoms with E-state index < -0.39 is 0 Å². The summed E-state index contributed by atoms with van der Waals surface area (Å²) >= 11 is 3.17. The van der Waals surface area contributed by atoms with Crippen molar-refractivity contribution in [1.29, 1.82) is 0 Å². The lowest BCUT2D eigenvalue weighted by molar-refractivity contribution is -0.384. The number of nitro groups is 1. The molecule has 0 saturated heterocycles. The molecule has 0 aliphatic carbocycles. The highest BCUT2D eigenvalue weighted by Gasteiger charge is 2.13. The van der Waals surface area contributed by atoms with Gasteiger partial charge in [0.15, 0.2) is 0 Å². The standard InChI is InChI=1S/C14H9NO2S2/c16-15(17)12-8-10(13-3-1-5-18-13)7-11(9-12)14-4-2-6-19-14/h1-9H. The van der Waals surface area contributed by atoms with E-state index >= 15 is 0 Å². The normalized spacial score (nSPS) is 10.5. The summed E-state index contributed by atoms with van der Waals surface area (Å²) in [5.41, 5.74) is 1.93. The minimum atomic E-state index is -0.339. The van der Waals surface area contributed by atoms with Crippen LogP contribution in [0, 0.1) is 10.1 Å². The van der Waals surface area contributed by atoms with Crippen molar-refractivity contribution in [3.63, 3.8) is 0 Å². The van der Waals surface area contributed by atoms with Crippen molar-refractivity contribution >= 4 is 28.4 Å². The van der Waals surface area contributed by atoms with Crippen LogP contribution >= 0.6 is 22.7 Å². The number of nitro benzene ring substituents is 1. The highest BCUT2D eigenvalue weighted by atomic mass is 32.1. The van der Waals surface area contributed by atoms with Gasteiger partial charge in [0.1, 0.15) is 0 Å². The van der Waals surface area contributed by atoms with E-state index in [2.05, 4.69) is 0 Å². The zero-order chi connectivity index (χ0) is 13.2. The highest BCUT2D eigenvalue weighted by Crippen LogP contribution is 2.34. The second-order valence-corrected chi connectivity index (χ2v) is 5.88. The van der Waals surface area contributed by atoms with Crippen molar-refractivity contribution in [2.24, 2.45) is 0 Å². The van der Waals surface area contributed by atoms with Gasteiger partial charge < -0.3 is 0 Å². The maximum absolute atomic E-state index is 11.1. The van der Waals surface area contributed by atoms with Crippen LogP contribution in [0.5, 0.6) is 0 Å². The number of non-ortho nitro benzene ring substituents is 1. The second kappa shape index (κ2) is 4.95. The number of benzene rings is 1. The Kier molecular flexibility index (Phi) is 3.15. The van der Waals surface area contributed by atoms with Gasteiger partial charge in [0, 0.05) is 21.9 Å². The molecule has 0 aliphatic heterocycles. The van der Waals surface area contributed by atoms with E-state index in [1.54, 1.807) is 34.8 Å². The average molecular weight is 287 g/mol. The fourth-order valence-electron chi connectivity index (χ4n) is 1.89. The smallest absolute Gasteiger partial charge is 0.258 e. The molecule has 3 rings (SSSR count). The molecular weight excluding hydrogens is 278 g/mol. The van der Waals surface area contributed by atoms with Gasteiger partial charge in [-0.25, -0.2) is 0 Å². The predicted molar refractivity (Wildman–Crippen MR) is 79.7 cm³/mol. The summed E-state index contributed by atoms with van der Waals surface area (Å²) in [6, 6.07) is 13.1. The first-order valence-electron chi connectivity index (χ1n) is 5.61. The third-order valence-corrected chi connectivity index (χ3v) is 4.58. The van der Waals surface area contributed by atoms with Crippen molar-refractivity contribution in [2.45, 2.75) is 0 Å². The summed E-state index contributed by atoms with van der Waals surface area (Å²) in [6.45, 7) is 0. The summed E-state index contributed by atoms with van der Waals surface area (Å²) in [7, 11) is 0. The van der Waals surface area contributed by atoms with Crippen LogP contribution in [0.15, 0.2) is 53.2 Å². The molecule has 0 spiro atoms. The molecule has 0 N–H and O–H groups in total. The summed E-state index contributed by atoms with van der Waals surface area (Å²) in [5.74, 6) is 0. The molecule has 0 bridgehead atoms. The molecule has 3 aromatic rings. The van der Waals surface area contributed by atoms with Gasteiger partial charge in [0.05, 0.1) is 4.92 Å². The Bertz CT molecular complexity index is 651. The Morgan fingerprint density at radius 1 is 0.895 bits per heavy atom. The van der Waals surface area contributed by atoms with Crippen LogP contribution < -0.4 is 0 Å². The fourth-order valence-corrected chi connectivity index (χ4v) is 3.32. The number of nitrogens with zero attached hydrogens (tertiary/aromatic N) is 1. The SMILES string of the molecule is O=[N+]([O-])c1cc(-c2cccs2)cc(-c2cccs2)c1. The molecule has 0 atom stereocenters. The molecule has 2 heterocycles. The number of hydrogen-bond acceptors (Lipinski definition) is 4. The first kappa shape index (κ1) is 12.1. The number of hydrogen-bond donors (Lipinski definition) is 0. The molecule has 0 amide bonds. The van der Waals surface area contributed by atoms with E-state index in [9.17, 15) is 10.1 Å². The molecule has 2 aromatic heterocycles. The molecule has 0 saturated carbocycles. The van der Waals surface area contributed by atoms with Gasteiger partial charge in [-0.15, -0.1) is 22.7 Å². The van der Waals surface area contributed by atoms with Crippen molar-refractivity contribution in [3.8, 4) is 20.9 Å². The van der Waals surface area contributed by atoms with Gasteiger partial charge in [-0.05, 0) is 40.1 Å². The molecule has 0 radical (unpaired) electrons. The molecule has 0 fully saturated rings. The van der Waals surface area contributed by atoms with E-state index in [0.29, 0.717) is 0 Å². The Morgan fingerprint density at radius 3 is 1.79 bits per heavy atom. The Labute approximate surface area is 117 Å². The second-order valence-electron chi connectivity index (χ2n) is 3.98. The van der Waals surface area contributed by atoms with E-state index in [1.165, 1.54) is 0 Å². The first-order valence-corrected chi connectivity index (χ1v) is 7.37. The number of rotatable bonds is 3. The molecular formula is C14H9NO2S2. The van der Waals surface area contributed by atoms with Crippen LogP contribution in [0.2, 0.25) is 0 Å². The lowest BCUT2D eigenvalue weighted by Gasteiger charge is -2.03. The van der Waals surface area contributed by atoms with Crippen LogP contribution in [-0.4, -0.2) is 4.92 Å². The average Bonchev–Trinajstić information content (AvgIpc) is 3.11. The third-order valence-electron chi connectivity index (χ3n) is 2.74. The summed E-state index contributed by atoms with van der Waals surface area (Å²) in [5, 5.41) is 15.0. The van der Waals surface area contributed by atoms with E-state index in [4.69, 9.17) is 0 Å². The van der Waals surface area contributed by atoms with Gasteiger partial charge >= 0.3 is 0 Å². The van der Waals surface area contributed by atoms with Crippen molar-refractivity contribution in [2.75, 3.05) is 0 Å². The van der Waals surface area contributed by atoms with Crippen LogP contribution in [0.25, 0.3) is 20.9 Å². The minimum Gasteiger partial charge on any atom is -0.258 e. The van der Waals surface area contributed by atoms with Crippen molar-refractivity contribution < 1.29 is 4.92 Å². The maximum atomic E-state index is 11.1. The predicted octanol–water partition coefficient (Wildman–Crippen LogP) is 5.05. The van der Waals surface area contributed by atoms with Crippen LogP contribution in [0.1, 0.15) is 0 Å². The number of thiophene rings is 2. The molecule has 5 heteroatoms. The molecule has 1 aromatic carbocycles. The molecule has 0 unspecified atom stereocenters. The van der Waals surface area contributed by atoms with Gasteiger partial charge in [-0.3, -0.25) is 10.1 Å². The van der Waals surface area contributed by atoms with Gasteiger partial charge in [-0.1, -0.05) is 12.1 Å². The quantitative estimate of drug-likeness (QED) is 0.499. The molecule has 94 valence electrons. The van der Waals surface area contributed by atoms with E-state index in [1.807, 2.05) is 41.1 Å². The molecule has 19 heavy (non-hydrogen) atoms. The molecule has 3 nitrogen and oxygen atoms in total. The molecule has 0 aliphatic rings. The first-order chi connectivity index (χ1) is 9.24. The fraction of sp³-hybridized carbons (Fsp3) is 0. The monoisotopic (exact) mass is 287 g/mol. The van der Waals surface area contributed by atoms with Gasteiger partial charge in [0.2, 0.25) is 0 Å². The topological polar surface area (TPSA) is 43.1 Å². The van der Waals surface area contributed by atoms with Crippen molar-refractivity contribution in [1.82, 2.24) is 0 Å². The minimum absolute atomic E-state index is 0.134. The lowest BCUT2D eigenvalue weighted by atomic mass is 10.1. The zero-order valence-corrected chi connectivity index (χ0v) is 11.4. The van der Waals surface area contributed by atoms with Gasteiger partial charge in [-0.2, -0.15) is 0 Å². The van der Waals surface area contributed by atoms with Gasteiger partial charge in [0.25, 0.3) is 5.69 Å². The van der Waals surface area contributed by atoms with Crippen LogP contribution in [-0.2, 0) is 0 Å². The Morgan fingerprint density at radius 2 is 1.42 bits per heavy atom. The summed E-state index contributed by atoms with van der Waals surface area (Å²) in [6.07, 6.45) is 0. The largest absolute Gasteiger partial charge is 0.270 e. The Balaban J connectivity index is 2.18. The summed E-state index contributed by atoms with van der Waals surface area (Å²) in [4.78, 5) is 12.8. The maximum Gasteiger partial charge on any atom is 0.270 e. The summed E-state index contributed by atoms with van der Waals surface area (Å²) < 4.78 is 0. The third kappa shape index (κ3) is 2.43. The zero-order valence-electron chi connectivity index (χ0n) is 9.78. The Hall–Kier alpha value is -1.98. The highest BCUT2D eigenvalue weighted by molar-refractivity contribution is 7.14. The van der Waals surface area contributed by atoms with Crippen LogP contribution in [0.3, 0.4) is 0 Å². The van der Waals surface area contributed by atoms with E-state index in [-0.39, 0.29) is 10.6 Å². The van der Waals surface area contributed by atoms with Crippen molar-refractivity contribution in [3.05, 3.63) is 63.3 Å². The lowest BCUT2D eigenvalue weighted by Crippen LogP contribution is -1.89. The van der Waals surface area contributed by atoms with Crippen LogP contribution in [0.4, 0.5) is 5.69 Å².